The van der Waals surface area contributed by atoms with Crippen LogP contribution in [0.5, 0.6) is 0 Å². The molecule has 0 aromatic rings. The molecule has 0 aromatic carbocycles. The van der Waals surface area contributed by atoms with Crippen molar-refractivity contribution < 1.29 is 5.11 Å². The first-order chi connectivity index (χ1) is 18.3. The molecule has 0 atom stereocenters. The molecule has 0 fully saturated rings. The average molecular weight is 521 g/mol. The minimum atomic E-state index is 0.363. The molecule has 1 nitrogen and oxygen atoms in total. The van der Waals surface area contributed by atoms with Crippen molar-refractivity contribution in [2.75, 3.05) is 6.61 Å². The second-order valence-electron chi connectivity index (χ2n) is 12.5. The molecule has 0 heterocycles. The van der Waals surface area contributed by atoms with Crippen LogP contribution in [-0.2, 0) is 0 Å². The highest BCUT2D eigenvalue weighted by Crippen LogP contribution is 2.16. The minimum Gasteiger partial charge on any atom is -0.396 e. The molecule has 0 amide bonds. The molecule has 0 spiro atoms. The Kier molecular flexibility index (Phi) is 33.5. The van der Waals surface area contributed by atoms with E-state index in [9.17, 15) is 0 Å². The van der Waals surface area contributed by atoms with Gasteiger partial charge in [-0.2, -0.15) is 0 Å². The molecule has 0 unspecified atom stereocenters. The van der Waals surface area contributed by atoms with Crippen LogP contribution in [0, 0.1) is 5.92 Å². The van der Waals surface area contributed by atoms with Crippen molar-refractivity contribution in [3.05, 3.63) is 12.2 Å². The first kappa shape index (κ1) is 36.7. The lowest BCUT2D eigenvalue weighted by molar-refractivity contribution is 0.282. The van der Waals surface area contributed by atoms with Gasteiger partial charge in [0, 0.05) is 6.61 Å². The second kappa shape index (κ2) is 33.7. The number of allylic oxidation sites excluding steroid dienone is 2. The molecule has 0 saturated heterocycles. The Labute approximate surface area is 236 Å². The standard InChI is InChI=1S/C36H72O/c1-36(2)34-32-30-28-26-24-22-20-18-16-14-12-10-8-6-4-3-5-7-9-11-13-15-17-19-21-23-25-27-29-31-33-35-37/h17,19,36-37H,3-16,18,20-35H2,1-2H3/b19-17-. The summed E-state index contributed by atoms with van der Waals surface area (Å²) < 4.78 is 0. The Morgan fingerprint density at radius 3 is 0.865 bits per heavy atom. The van der Waals surface area contributed by atoms with Gasteiger partial charge in [0.1, 0.15) is 0 Å². The van der Waals surface area contributed by atoms with Crippen molar-refractivity contribution in [3.8, 4) is 0 Å². The predicted octanol–water partition coefficient (Wildman–Crippen LogP) is 12.9. The third-order valence-corrected chi connectivity index (χ3v) is 8.10. The molecule has 37 heavy (non-hydrogen) atoms. The fraction of sp³-hybridized carbons (Fsp3) is 0.944. The van der Waals surface area contributed by atoms with E-state index in [2.05, 4.69) is 26.0 Å². The van der Waals surface area contributed by atoms with Crippen LogP contribution in [0.1, 0.15) is 206 Å². The zero-order valence-corrected chi connectivity index (χ0v) is 26.1. The van der Waals surface area contributed by atoms with Crippen molar-refractivity contribution in [2.24, 2.45) is 5.92 Å². The van der Waals surface area contributed by atoms with E-state index in [4.69, 9.17) is 5.11 Å². The van der Waals surface area contributed by atoms with Gasteiger partial charge in [0.05, 0.1) is 0 Å². The summed E-state index contributed by atoms with van der Waals surface area (Å²) in [6.07, 6.45) is 47.1. The molecule has 222 valence electrons. The first-order valence-electron chi connectivity index (χ1n) is 17.5. The van der Waals surface area contributed by atoms with Crippen molar-refractivity contribution in [1.29, 1.82) is 0 Å². The molecule has 0 aromatic heterocycles. The molecule has 0 bridgehead atoms. The smallest absolute Gasteiger partial charge is 0.0431 e. The van der Waals surface area contributed by atoms with Crippen molar-refractivity contribution in [1.82, 2.24) is 0 Å². The van der Waals surface area contributed by atoms with Crippen LogP contribution in [0.4, 0.5) is 0 Å². The van der Waals surface area contributed by atoms with Crippen molar-refractivity contribution in [3.63, 3.8) is 0 Å². The molecule has 0 radical (unpaired) electrons. The van der Waals surface area contributed by atoms with Gasteiger partial charge in [0.2, 0.25) is 0 Å². The predicted molar refractivity (Wildman–Crippen MR) is 170 cm³/mol. The average Bonchev–Trinajstić information content (AvgIpc) is 2.89. The van der Waals surface area contributed by atoms with E-state index >= 15 is 0 Å². The summed E-state index contributed by atoms with van der Waals surface area (Å²) in [6, 6.07) is 0. The van der Waals surface area contributed by atoms with Gasteiger partial charge in [-0.05, 0) is 38.0 Å². The lowest BCUT2D eigenvalue weighted by atomic mass is 10.0. The highest BCUT2D eigenvalue weighted by atomic mass is 16.2. The SMILES string of the molecule is CC(C)CCCCCCCCCCCCCCCCCCCCCCC/C=C\CCCCCCCCO. The molecule has 0 aliphatic carbocycles. The lowest BCUT2D eigenvalue weighted by Gasteiger charge is -2.05. The summed E-state index contributed by atoms with van der Waals surface area (Å²) in [5.74, 6) is 0.892. The highest BCUT2D eigenvalue weighted by molar-refractivity contribution is 4.81. The number of rotatable bonds is 32. The van der Waals surface area contributed by atoms with E-state index in [1.54, 1.807) is 0 Å². The number of hydrogen-bond donors (Lipinski definition) is 1. The Morgan fingerprint density at radius 2 is 0.595 bits per heavy atom. The maximum Gasteiger partial charge on any atom is 0.0431 e. The molecule has 0 aliphatic rings. The van der Waals surface area contributed by atoms with Gasteiger partial charge in [0.25, 0.3) is 0 Å². The van der Waals surface area contributed by atoms with E-state index in [1.807, 2.05) is 0 Å². The fourth-order valence-electron chi connectivity index (χ4n) is 5.49. The van der Waals surface area contributed by atoms with E-state index in [0.29, 0.717) is 6.61 Å². The molecule has 0 rings (SSSR count). The van der Waals surface area contributed by atoms with Crippen LogP contribution < -0.4 is 0 Å². The third-order valence-electron chi connectivity index (χ3n) is 8.10. The number of aliphatic hydroxyl groups excluding tert-OH is 1. The van der Waals surface area contributed by atoms with E-state index in [0.717, 1.165) is 12.3 Å². The van der Waals surface area contributed by atoms with Gasteiger partial charge in [0.15, 0.2) is 0 Å². The zero-order valence-electron chi connectivity index (χ0n) is 26.1. The van der Waals surface area contributed by atoms with Gasteiger partial charge in [-0.3, -0.25) is 0 Å². The number of hydrogen-bond acceptors (Lipinski definition) is 1. The van der Waals surface area contributed by atoms with Crippen LogP contribution in [-0.4, -0.2) is 11.7 Å². The summed E-state index contributed by atoms with van der Waals surface area (Å²) in [5, 5.41) is 8.77. The topological polar surface area (TPSA) is 20.2 Å². The summed E-state index contributed by atoms with van der Waals surface area (Å²) >= 11 is 0. The molecule has 1 heteroatoms. The van der Waals surface area contributed by atoms with E-state index < -0.39 is 0 Å². The summed E-state index contributed by atoms with van der Waals surface area (Å²) in [6.45, 7) is 5.05. The maximum atomic E-state index is 8.77. The van der Waals surface area contributed by atoms with E-state index in [1.165, 1.54) is 186 Å². The van der Waals surface area contributed by atoms with E-state index in [-0.39, 0.29) is 0 Å². The molecule has 1 N–H and O–H groups in total. The second-order valence-corrected chi connectivity index (χ2v) is 12.5. The number of unbranched alkanes of at least 4 members (excludes halogenated alkanes) is 27. The Hall–Kier alpha value is -0.300. The van der Waals surface area contributed by atoms with Crippen LogP contribution in [0.25, 0.3) is 0 Å². The molecular formula is C36H72O. The van der Waals surface area contributed by atoms with Gasteiger partial charge < -0.3 is 5.11 Å². The summed E-state index contributed by atoms with van der Waals surface area (Å²) in [4.78, 5) is 0. The van der Waals surface area contributed by atoms with Gasteiger partial charge in [-0.1, -0.05) is 187 Å². The Balaban J connectivity index is 3.06. The van der Waals surface area contributed by atoms with Gasteiger partial charge in [-0.25, -0.2) is 0 Å². The van der Waals surface area contributed by atoms with Gasteiger partial charge >= 0.3 is 0 Å². The maximum absolute atomic E-state index is 8.77. The number of aliphatic hydroxyl groups is 1. The van der Waals surface area contributed by atoms with Crippen LogP contribution >= 0.6 is 0 Å². The fourth-order valence-corrected chi connectivity index (χ4v) is 5.49. The van der Waals surface area contributed by atoms with Crippen LogP contribution in [0.15, 0.2) is 12.2 Å². The van der Waals surface area contributed by atoms with Crippen LogP contribution in [0.3, 0.4) is 0 Å². The quantitative estimate of drug-likeness (QED) is 0.0690. The monoisotopic (exact) mass is 521 g/mol. The summed E-state index contributed by atoms with van der Waals surface area (Å²) in [5.41, 5.74) is 0. The highest BCUT2D eigenvalue weighted by Gasteiger charge is 1.97. The zero-order chi connectivity index (χ0) is 26.9. The first-order valence-corrected chi connectivity index (χ1v) is 17.5. The molecule has 0 saturated carbocycles. The minimum absolute atomic E-state index is 0.363. The van der Waals surface area contributed by atoms with Gasteiger partial charge in [-0.15, -0.1) is 0 Å². The Bertz CT molecular complexity index is 413. The molecule has 0 aliphatic heterocycles. The lowest BCUT2D eigenvalue weighted by Crippen LogP contribution is -1.87. The Morgan fingerprint density at radius 1 is 0.351 bits per heavy atom. The third kappa shape index (κ3) is 35.7. The molecular weight excluding hydrogens is 448 g/mol. The largest absolute Gasteiger partial charge is 0.396 e. The summed E-state index contributed by atoms with van der Waals surface area (Å²) in [7, 11) is 0. The van der Waals surface area contributed by atoms with Crippen molar-refractivity contribution in [2.45, 2.75) is 206 Å². The van der Waals surface area contributed by atoms with Crippen molar-refractivity contribution >= 4 is 0 Å². The normalized spacial score (nSPS) is 11.9. The van der Waals surface area contributed by atoms with Crippen LogP contribution in [0.2, 0.25) is 0 Å².